The number of benzene rings is 1. The maximum Gasteiger partial charge on any atom is 0.271 e. The summed E-state index contributed by atoms with van der Waals surface area (Å²) < 4.78 is 6.59. The minimum atomic E-state index is 0.0117. The molecule has 0 radical (unpaired) electrons. The van der Waals surface area contributed by atoms with Gasteiger partial charge >= 0.3 is 0 Å². The largest absolute Gasteiger partial charge is 0.492 e. The molecule has 20 heavy (non-hydrogen) atoms. The number of aromatic hydroxyl groups is 1. The van der Waals surface area contributed by atoms with Crippen LogP contribution in [0.15, 0.2) is 58.0 Å². The lowest BCUT2D eigenvalue weighted by molar-refractivity contribution is 0.428. The van der Waals surface area contributed by atoms with Crippen LogP contribution in [0.3, 0.4) is 0 Å². The average molecular weight is 286 g/mol. The molecule has 1 heterocycles. The van der Waals surface area contributed by atoms with E-state index in [1.165, 1.54) is 4.57 Å². The van der Waals surface area contributed by atoms with Crippen LogP contribution in [-0.4, -0.2) is 15.9 Å². The first-order chi connectivity index (χ1) is 9.68. The number of oxazole rings is 1. The van der Waals surface area contributed by atoms with Gasteiger partial charge in [0.15, 0.2) is 5.76 Å². The van der Waals surface area contributed by atoms with E-state index in [0.29, 0.717) is 5.76 Å². The summed E-state index contributed by atoms with van der Waals surface area (Å²) in [6.07, 6.45) is 8.65. The lowest BCUT2D eigenvalue weighted by Gasteiger charge is -1.89. The van der Waals surface area contributed by atoms with Crippen LogP contribution in [0.4, 0.5) is 5.69 Å². The highest BCUT2D eigenvalue weighted by Crippen LogP contribution is 2.19. The van der Waals surface area contributed by atoms with E-state index in [1.807, 2.05) is 30.3 Å². The Labute approximate surface area is 122 Å². The zero-order valence-corrected chi connectivity index (χ0v) is 11.7. The van der Waals surface area contributed by atoms with Crippen molar-refractivity contribution in [1.29, 1.82) is 0 Å². The molecule has 0 atom stereocenters. The van der Waals surface area contributed by atoms with Gasteiger partial charge in [0.1, 0.15) is 0 Å². The molecule has 0 aliphatic heterocycles. The van der Waals surface area contributed by atoms with Crippen molar-refractivity contribution in [2.45, 2.75) is 0 Å². The summed E-state index contributed by atoms with van der Waals surface area (Å²) in [6, 6.07) is 9.66. The topological polar surface area (TPSA) is 50.7 Å². The van der Waals surface area contributed by atoms with Crippen LogP contribution in [0, 0.1) is 4.84 Å². The molecule has 0 saturated heterocycles. The van der Waals surface area contributed by atoms with Gasteiger partial charge < -0.3 is 9.52 Å². The summed E-state index contributed by atoms with van der Waals surface area (Å²) >= 11 is 4.90. The van der Waals surface area contributed by atoms with Crippen LogP contribution in [-0.2, 0) is 7.05 Å². The number of hydrogen-bond acceptors (Lipinski definition) is 4. The Kier molecular flexibility index (Phi) is 4.68. The first-order valence-corrected chi connectivity index (χ1v) is 6.40. The SMILES string of the molecule is Cn1c(O)c(C=CC=CC=Nc2ccccc2)oc1=S. The Morgan fingerprint density at radius 3 is 2.60 bits per heavy atom. The first kappa shape index (κ1) is 14.0. The van der Waals surface area contributed by atoms with Gasteiger partial charge in [0.25, 0.3) is 4.84 Å². The second-order valence-corrected chi connectivity index (χ2v) is 4.32. The predicted octanol–water partition coefficient (Wildman–Crippen LogP) is 4.03. The molecule has 0 aliphatic rings. The van der Waals surface area contributed by atoms with E-state index in [2.05, 4.69) is 4.99 Å². The van der Waals surface area contributed by atoms with Gasteiger partial charge in [-0.15, -0.1) is 0 Å². The van der Waals surface area contributed by atoms with Gasteiger partial charge in [0.2, 0.25) is 5.88 Å². The smallest absolute Gasteiger partial charge is 0.271 e. The molecule has 0 saturated carbocycles. The Morgan fingerprint density at radius 2 is 1.95 bits per heavy atom. The van der Waals surface area contributed by atoms with Crippen molar-refractivity contribution in [2.24, 2.45) is 12.0 Å². The van der Waals surface area contributed by atoms with E-state index >= 15 is 0 Å². The van der Waals surface area contributed by atoms with Crippen LogP contribution < -0.4 is 0 Å². The standard InChI is InChI=1S/C15H14N2O2S/c1-17-14(18)13(19-15(17)20)10-6-3-7-11-16-12-8-4-2-5-9-12/h2-11,18H,1H3. The van der Waals surface area contributed by atoms with Crippen LogP contribution in [0.2, 0.25) is 0 Å². The van der Waals surface area contributed by atoms with E-state index in [0.717, 1.165) is 5.69 Å². The normalized spacial score (nSPS) is 12.1. The van der Waals surface area contributed by atoms with Crippen molar-refractivity contribution in [1.82, 2.24) is 4.57 Å². The third-order valence-corrected chi connectivity index (χ3v) is 2.90. The van der Waals surface area contributed by atoms with Crippen LogP contribution in [0.5, 0.6) is 5.88 Å². The molecule has 0 unspecified atom stereocenters. The number of aromatic nitrogens is 1. The highest BCUT2D eigenvalue weighted by Gasteiger charge is 2.06. The van der Waals surface area contributed by atoms with Crippen molar-refractivity contribution >= 4 is 30.2 Å². The molecule has 0 spiro atoms. The number of para-hydroxylation sites is 1. The van der Waals surface area contributed by atoms with Gasteiger partial charge in [0, 0.05) is 13.3 Å². The summed E-state index contributed by atoms with van der Waals surface area (Å²) in [4.78, 5) is 4.48. The monoisotopic (exact) mass is 286 g/mol. The molecule has 0 fully saturated rings. The molecular formula is C15H14N2O2S. The number of allylic oxidation sites excluding steroid dienone is 3. The van der Waals surface area contributed by atoms with E-state index in [1.54, 1.807) is 37.6 Å². The third kappa shape index (κ3) is 3.55. The quantitative estimate of drug-likeness (QED) is 0.524. The van der Waals surface area contributed by atoms with Crippen molar-refractivity contribution < 1.29 is 9.52 Å². The Morgan fingerprint density at radius 1 is 1.20 bits per heavy atom. The van der Waals surface area contributed by atoms with Crippen molar-refractivity contribution in [3.05, 3.63) is 59.2 Å². The average Bonchev–Trinajstić information content (AvgIpc) is 2.71. The van der Waals surface area contributed by atoms with Crippen molar-refractivity contribution in [2.75, 3.05) is 0 Å². The van der Waals surface area contributed by atoms with Crippen LogP contribution in [0.1, 0.15) is 5.76 Å². The third-order valence-electron chi connectivity index (χ3n) is 2.54. The summed E-state index contributed by atoms with van der Waals surface area (Å²) in [5.41, 5.74) is 0.896. The van der Waals surface area contributed by atoms with Gasteiger partial charge in [-0.1, -0.05) is 30.4 Å². The van der Waals surface area contributed by atoms with E-state index < -0.39 is 0 Å². The van der Waals surface area contributed by atoms with Crippen molar-refractivity contribution in [3.63, 3.8) is 0 Å². The summed E-state index contributed by atoms with van der Waals surface area (Å²) in [6.45, 7) is 0. The fraction of sp³-hybridized carbons (Fsp3) is 0.0667. The Hall–Kier alpha value is -2.40. The van der Waals surface area contributed by atoms with Crippen molar-refractivity contribution in [3.8, 4) is 5.88 Å². The molecule has 0 bridgehead atoms. The van der Waals surface area contributed by atoms with Gasteiger partial charge in [-0.3, -0.25) is 9.56 Å². The fourth-order valence-corrected chi connectivity index (χ4v) is 1.64. The fourth-order valence-electron chi connectivity index (χ4n) is 1.47. The molecule has 0 amide bonds. The zero-order valence-electron chi connectivity index (χ0n) is 10.9. The molecule has 4 nitrogen and oxygen atoms in total. The van der Waals surface area contributed by atoms with Crippen LogP contribution >= 0.6 is 12.2 Å². The van der Waals surface area contributed by atoms with Gasteiger partial charge in [-0.05, 0) is 36.5 Å². The Balaban J connectivity index is 1.96. The second-order valence-electron chi connectivity index (χ2n) is 3.97. The van der Waals surface area contributed by atoms with Gasteiger partial charge in [0.05, 0.1) is 5.69 Å². The second kappa shape index (κ2) is 6.68. The minimum Gasteiger partial charge on any atom is -0.492 e. The predicted molar refractivity (Wildman–Crippen MR) is 82.9 cm³/mol. The number of nitrogens with zero attached hydrogens (tertiary/aromatic N) is 2. The molecule has 102 valence electrons. The molecular weight excluding hydrogens is 272 g/mol. The number of rotatable bonds is 4. The first-order valence-electron chi connectivity index (χ1n) is 5.99. The van der Waals surface area contributed by atoms with Crippen LogP contribution in [0.25, 0.3) is 6.08 Å². The lowest BCUT2D eigenvalue weighted by atomic mass is 10.3. The van der Waals surface area contributed by atoms with E-state index in [9.17, 15) is 5.11 Å². The van der Waals surface area contributed by atoms with E-state index in [-0.39, 0.29) is 10.7 Å². The molecule has 1 N–H and O–H groups in total. The Bertz CT molecular complexity index is 709. The number of aliphatic imine (C=N–C) groups is 1. The highest BCUT2D eigenvalue weighted by molar-refractivity contribution is 7.71. The molecule has 1 aromatic carbocycles. The lowest BCUT2D eigenvalue weighted by Crippen LogP contribution is -1.84. The maximum atomic E-state index is 9.67. The van der Waals surface area contributed by atoms with E-state index in [4.69, 9.17) is 16.6 Å². The molecule has 1 aromatic heterocycles. The van der Waals surface area contributed by atoms with Gasteiger partial charge in [-0.2, -0.15) is 0 Å². The van der Waals surface area contributed by atoms with Gasteiger partial charge in [-0.25, -0.2) is 0 Å². The molecule has 5 heteroatoms. The summed E-state index contributed by atoms with van der Waals surface area (Å²) in [5.74, 6) is 0.347. The summed E-state index contributed by atoms with van der Waals surface area (Å²) in [7, 11) is 1.64. The molecule has 2 rings (SSSR count). The zero-order chi connectivity index (χ0) is 14.4. The number of hydrogen-bond donors (Lipinski definition) is 1. The molecule has 2 aromatic rings. The maximum absolute atomic E-state index is 9.67. The molecule has 0 aliphatic carbocycles. The minimum absolute atomic E-state index is 0.0117. The summed E-state index contributed by atoms with van der Waals surface area (Å²) in [5, 5.41) is 9.67. The highest BCUT2D eigenvalue weighted by atomic mass is 32.1.